The first-order chi connectivity index (χ1) is 6.86. The fourth-order valence-electron chi connectivity index (χ4n) is 1.65. The molecule has 1 aliphatic heterocycles. The number of anilines is 1. The Labute approximate surface area is 83.5 Å². The maximum absolute atomic E-state index is 11.2. The molecule has 74 valence electrons. The molecule has 0 aliphatic carbocycles. The van der Waals surface area contributed by atoms with Crippen molar-refractivity contribution in [2.24, 2.45) is 0 Å². The van der Waals surface area contributed by atoms with Gasteiger partial charge in [-0.2, -0.15) is 0 Å². The van der Waals surface area contributed by atoms with E-state index in [1.165, 1.54) is 5.56 Å². The standard InChI is InChI=1S/C11H14N2O/c14-11-6-8-12-10-4-2-1-3-9(10)5-7-13-11/h1-4,12H,5-8H2,(H,13,14). The third-order valence-electron chi connectivity index (χ3n) is 2.40. The molecule has 0 aromatic heterocycles. The van der Waals surface area contributed by atoms with Crippen LogP contribution in [0.25, 0.3) is 0 Å². The van der Waals surface area contributed by atoms with E-state index in [1.807, 2.05) is 12.1 Å². The molecule has 2 rings (SSSR count). The summed E-state index contributed by atoms with van der Waals surface area (Å²) in [6.07, 6.45) is 1.45. The summed E-state index contributed by atoms with van der Waals surface area (Å²) in [5.41, 5.74) is 2.43. The van der Waals surface area contributed by atoms with Crippen LogP contribution in [0.1, 0.15) is 12.0 Å². The van der Waals surface area contributed by atoms with E-state index >= 15 is 0 Å². The number of benzene rings is 1. The van der Waals surface area contributed by atoms with Crippen LogP contribution in [-0.2, 0) is 11.2 Å². The van der Waals surface area contributed by atoms with Gasteiger partial charge in [0.25, 0.3) is 0 Å². The highest BCUT2D eigenvalue weighted by molar-refractivity contribution is 5.76. The van der Waals surface area contributed by atoms with Gasteiger partial charge in [-0.05, 0) is 18.1 Å². The lowest BCUT2D eigenvalue weighted by Gasteiger charge is -2.08. The van der Waals surface area contributed by atoms with Crippen LogP contribution in [0.15, 0.2) is 24.3 Å². The number of hydrogen-bond donors (Lipinski definition) is 2. The molecule has 1 amide bonds. The van der Waals surface area contributed by atoms with Crippen LogP contribution in [0, 0.1) is 0 Å². The highest BCUT2D eigenvalue weighted by Gasteiger charge is 2.07. The Morgan fingerprint density at radius 2 is 1.79 bits per heavy atom. The highest BCUT2D eigenvalue weighted by atomic mass is 16.1. The first kappa shape index (κ1) is 9.06. The van der Waals surface area contributed by atoms with Crippen molar-refractivity contribution in [1.29, 1.82) is 0 Å². The van der Waals surface area contributed by atoms with Crippen LogP contribution in [0.2, 0.25) is 0 Å². The number of para-hydroxylation sites is 1. The van der Waals surface area contributed by atoms with E-state index in [-0.39, 0.29) is 5.91 Å². The maximum atomic E-state index is 11.2. The number of hydrogen-bond acceptors (Lipinski definition) is 2. The molecule has 2 N–H and O–H groups in total. The van der Waals surface area contributed by atoms with Gasteiger partial charge in [-0.25, -0.2) is 0 Å². The number of fused-ring (bicyclic) bond motifs is 1. The third kappa shape index (κ3) is 2.05. The third-order valence-corrected chi connectivity index (χ3v) is 2.40. The van der Waals surface area contributed by atoms with Gasteiger partial charge in [-0.1, -0.05) is 18.2 Å². The largest absolute Gasteiger partial charge is 0.384 e. The lowest BCUT2D eigenvalue weighted by Crippen LogP contribution is -2.25. The number of nitrogens with one attached hydrogen (secondary N) is 2. The van der Waals surface area contributed by atoms with E-state index in [4.69, 9.17) is 0 Å². The molecule has 3 nitrogen and oxygen atoms in total. The Kier molecular flexibility index (Phi) is 2.68. The second-order valence-electron chi connectivity index (χ2n) is 3.43. The van der Waals surface area contributed by atoms with E-state index in [0.717, 1.165) is 18.7 Å². The number of amides is 1. The van der Waals surface area contributed by atoms with Gasteiger partial charge in [-0.3, -0.25) is 4.79 Å². The van der Waals surface area contributed by atoms with Gasteiger partial charge in [0.05, 0.1) is 0 Å². The SMILES string of the molecule is O=C1CCNc2ccccc2CCN1. The number of carbonyl (C=O) groups excluding carboxylic acids is 1. The van der Waals surface area contributed by atoms with E-state index in [1.54, 1.807) is 0 Å². The van der Waals surface area contributed by atoms with Crippen molar-refractivity contribution in [3.8, 4) is 0 Å². The molecular formula is C11H14N2O. The van der Waals surface area contributed by atoms with Crippen molar-refractivity contribution in [3.05, 3.63) is 29.8 Å². The molecule has 0 spiro atoms. The normalized spacial score (nSPS) is 16.7. The first-order valence-electron chi connectivity index (χ1n) is 4.95. The van der Waals surface area contributed by atoms with E-state index in [0.29, 0.717) is 13.0 Å². The molecule has 0 atom stereocenters. The van der Waals surface area contributed by atoms with Crippen LogP contribution in [-0.4, -0.2) is 19.0 Å². The van der Waals surface area contributed by atoms with Gasteiger partial charge in [0, 0.05) is 25.2 Å². The second kappa shape index (κ2) is 4.13. The van der Waals surface area contributed by atoms with Crippen LogP contribution < -0.4 is 10.6 Å². The Balaban J connectivity index is 2.17. The molecule has 0 bridgehead atoms. The molecule has 1 aromatic carbocycles. The maximum Gasteiger partial charge on any atom is 0.221 e. The monoisotopic (exact) mass is 190 g/mol. The predicted octanol–water partition coefficient (Wildman–Crippen LogP) is 1.16. The van der Waals surface area contributed by atoms with Crippen molar-refractivity contribution in [1.82, 2.24) is 5.32 Å². The minimum Gasteiger partial charge on any atom is -0.384 e. The molecule has 1 aliphatic rings. The Morgan fingerprint density at radius 3 is 2.71 bits per heavy atom. The summed E-state index contributed by atoms with van der Waals surface area (Å²) < 4.78 is 0. The van der Waals surface area contributed by atoms with Crippen LogP contribution in [0.4, 0.5) is 5.69 Å². The van der Waals surface area contributed by atoms with Crippen molar-refractivity contribution in [2.75, 3.05) is 18.4 Å². The highest BCUT2D eigenvalue weighted by Crippen LogP contribution is 2.15. The van der Waals surface area contributed by atoms with E-state index in [2.05, 4.69) is 22.8 Å². The van der Waals surface area contributed by atoms with Gasteiger partial charge >= 0.3 is 0 Å². The zero-order valence-corrected chi connectivity index (χ0v) is 8.05. The van der Waals surface area contributed by atoms with Gasteiger partial charge < -0.3 is 10.6 Å². The van der Waals surface area contributed by atoms with Gasteiger partial charge in [0.15, 0.2) is 0 Å². The zero-order valence-electron chi connectivity index (χ0n) is 8.05. The molecular weight excluding hydrogens is 176 g/mol. The number of carbonyl (C=O) groups is 1. The molecule has 3 heteroatoms. The Hall–Kier alpha value is -1.51. The van der Waals surface area contributed by atoms with E-state index < -0.39 is 0 Å². The summed E-state index contributed by atoms with van der Waals surface area (Å²) in [5, 5.41) is 6.16. The minimum atomic E-state index is 0.130. The summed E-state index contributed by atoms with van der Waals surface area (Å²) in [4.78, 5) is 11.2. The summed E-state index contributed by atoms with van der Waals surface area (Å²) >= 11 is 0. The summed E-state index contributed by atoms with van der Waals surface area (Å²) in [6.45, 7) is 1.44. The molecule has 1 heterocycles. The van der Waals surface area contributed by atoms with Crippen molar-refractivity contribution in [2.45, 2.75) is 12.8 Å². The summed E-state index contributed by atoms with van der Waals surface area (Å²) in [7, 11) is 0. The lowest BCUT2D eigenvalue weighted by atomic mass is 10.1. The second-order valence-corrected chi connectivity index (χ2v) is 3.43. The van der Waals surface area contributed by atoms with Crippen LogP contribution in [0.5, 0.6) is 0 Å². The Bertz CT molecular complexity index is 305. The van der Waals surface area contributed by atoms with Crippen molar-refractivity contribution >= 4 is 11.6 Å². The van der Waals surface area contributed by atoms with Crippen molar-refractivity contribution in [3.63, 3.8) is 0 Å². The molecule has 0 fully saturated rings. The first-order valence-corrected chi connectivity index (χ1v) is 4.95. The molecule has 1 aromatic rings. The van der Waals surface area contributed by atoms with Gasteiger partial charge in [0.1, 0.15) is 0 Å². The fourth-order valence-corrected chi connectivity index (χ4v) is 1.65. The smallest absolute Gasteiger partial charge is 0.221 e. The van der Waals surface area contributed by atoms with Crippen LogP contribution in [0.3, 0.4) is 0 Å². The molecule has 0 radical (unpaired) electrons. The Morgan fingerprint density at radius 1 is 1.00 bits per heavy atom. The molecule has 0 unspecified atom stereocenters. The molecule has 0 saturated heterocycles. The van der Waals surface area contributed by atoms with Crippen molar-refractivity contribution < 1.29 is 4.79 Å². The summed E-state index contributed by atoms with van der Waals surface area (Å²) in [5.74, 6) is 0.130. The predicted molar refractivity (Wildman–Crippen MR) is 56.3 cm³/mol. The molecule has 14 heavy (non-hydrogen) atoms. The lowest BCUT2D eigenvalue weighted by molar-refractivity contribution is -0.120. The van der Waals surface area contributed by atoms with E-state index in [9.17, 15) is 4.79 Å². The summed E-state index contributed by atoms with van der Waals surface area (Å²) in [6, 6.07) is 8.20. The average Bonchev–Trinajstić information content (AvgIpc) is 2.28. The quantitative estimate of drug-likeness (QED) is 0.644. The minimum absolute atomic E-state index is 0.130. The average molecular weight is 190 g/mol. The fraction of sp³-hybridized carbons (Fsp3) is 0.364. The topological polar surface area (TPSA) is 41.1 Å². The number of rotatable bonds is 0. The van der Waals surface area contributed by atoms with Gasteiger partial charge in [0.2, 0.25) is 5.91 Å². The van der Waals surface area contributed by atoms with Gasteiger partial charge in [-0.15, -0.1) is 0 Å². The molecule has 0 saturated carbocycles. The van der Waals surface area contributed by atoms with Crippen LogP contribution >= 0.6 is 0 Å². The zero-order chi connectivity index (χ0) is 9.80.